The van der Waals surface area contributed by atoms with Gasteiger partial charge in [0.25, 0.3) is 11.5 Å². The van der Waals surface area contributed by atoms with Gasteiger partial charge in [0.2, 0.25) is 0 Å². The first kappa shape index (κ1) is 10.1. The molecule has 0 saturated carbocycles. The second kappa shape index (κ2) is 3.61. The number of nitrogens with zero attached hydrogens (tertiary/aromatic N) is 3. The molecule has 2 heterocycles. The Morgan fingerprint density at radius 3 is 2.88 bits per heavy atom. The number of aromatic nitrogens is 4. The number of amides is 1. The van der Waals surface area contributed by atoms with E-state index in [9.17, 15) is 9.59 Å². The number of carbonyl (C=O) groups is 1. The van der Waals surface area contributed by atoms with E-state index < -0.39 is 11.5 Å². The van der Waals surface area contributed by atoms with Crippen molar-refractivity contribution in [2.75, 3.05) is 0 Å². The van der Waals surface area contributed by atoms with Crippen LogP contribution in [0.2, 0.25) is 0 Å². The summed E-state index contributed by atoms with van der Waals surface area (Å²) in [7, 11) is 1.73. The van der Waals surface area contributed by atoms with Gasteiger partial charge in [-0.2, -0.15) is 10.2 Å². The summed E-state index contributed by atoms with van der Waals surface area (Å²) in [5.41, 5.74) is 5.78. The number of nitrogens with one attached hydrogen (secondary N) is 1. The Labute approximate surface area is 89.9 Å². The first-order valence-electron chi connectivity index (χ1n) is 4.46. The molecule has 0 bridgehead atoms. The van der Waals surface area contributed by atoms with Crippen molar-refractivity contribution in [3.63, 3.8) is 0 Å². The quantitative estimate of drug-likeness (QED) is 0.694. The van der Waals surface area contributed by atoms with E-state index in [1.807, 2.05) is 0 Å². The monoisotopic (exact) mass is 219 g/mol. The number of aryl methyl sites for hydroxylation is 1. The molecule has 7 nitrogen and oxygen atoms in total. The lowest BCUT2D eigenvalue weighted by Gasteiger charge is -2.00. The molecule has 0 aromatic carbocycles. The Hall–Kier alpha value is -2.44. The molecule has 82 valence electrons. The van der Waals surface area contributed by atoms with E-state index in [1.54, 1.807) is 17.9 Å². The highest BCUT2D eigenvalue weighted by atomic mass is 16.1. The van der Waals surface area contributed by atoms with Crippen molar-refractivity contribution in [3.8, 4) is 11.1 Å². The molecule has 1 amide bonds. The number of aromatic amines is 1. The Morgan fingerprint density at radius 2 is 2.31 bits per heavy atom. The van der Waals surface area contributed by atoms with E-state index in [0.717, 1.165) is 0 Å². The van der Waals surface area contributed by atoms with E-state index >= 15 is 0 Å². The average Bonchev–Trinajstić information content (AvgIpc) is 2.64. The van der Waals surface area contributed by atoms with Crippen LogP contribution >= 0.6 is 0 Å². The van der Waals surface area contributed by atoms with Gasteiger partial charge in [-0.15, -0.1) is 0 Å². The lowest BCUT2D eigenvalue weighted by Crippen LogP contribution is -2.19. The number of carbonyl (C=O) groups excluding carboxylic acids is 1. The molecule has 0 unspecified atom stereocenters. The molecular weight excluding hydrogens is 210 g/mol. The summed E-state index contributed by atoms with van der Waals surface area (Å²) in [5.74, 6) is -0.699. The molecule has 0 aliphatic carbocycles. The van der Waals surface area contributed by atoms with Crippen molar-refractivity contribution >= 4 is 5.91 Å². The van der Waals surface area contributed by atoms with E-state index in [-0.39, 0.29) is 5.69 Å². The highest BCUT2D eigenvalue weighted by Crippen LogP contribution is 2.18. The predicted molar refractivity (Wildman–Crippen MR) is 55.6 cm³/mol. The number of hydrogen-bond donors (Lipinski definition) is 2. The number of rotatable bonds is 2. The molecule has 2 aromatic heterocycles. The van der Waals surface area contributed by atoms with Crippen LogP contribution in [0.3, 0.4) is 0 Å². The summed E-state index contributed by atoms with van der Waals surface area (Å²) in [6.45, 7) is 0. The van der Waals surface area contributed by atoms with Gasteiger partial charge in [-0.25, -0.2) is 5.10 Å². The van der Waals surface area contributed by atoms with Gasteiger partial charge in [-0.1, -0.05) is 0 Å². The van der Waals surface area contributed by atoms with Crippen LogP contribution in [0.15, 0.2) is 23.3 Å². The zero-order valence-corrected chi connectivity index (χ0v) is 8.47. The van der Waals surface area contributed by atoms with Crippen LogP contribution in [0, 0.1) is 0 Å². The van der Waals surface area contributed by atoms with E-state index in [4.69, 9.17) is 5.73 Å². The summed E-state index contributed by atoms with van der Waals surface area (Å²) in [4.78, 5) is 22.3. The maximum Gasteiger partial charge on any atom is 0.269 e. The molecule has 3 N–H and O–H groups in total. The first-order valence-corrected chi connectivity index (χ1v) is 4.46. The van der Waals surface area contributed by atoms with Gasteiger partial charge in [0.15, 0.2) is 5.69 Å². The normalized spacial score (nSPS) is 10.3. The third kappa shape index (κ3) is 1.70. The number of nitrogens with two attached hydrogens (primary N) is 1. The minimum absolute atomic E-state index is 0.0209. The third-order valence-corrected chi connectivity index (χ3v) is 2.06. The summed E-state index contributed by atoms with van der Waals surface area (Å²) < 4.78 is 1.56. The van der Waals surface area contributed by atoms with Gasteiger partial charge in [-0.05, 0) is 0 Å². The number of primary amides is 1. The fourth-order valence-electron chi connectivity index (χ4n) is 1.37. The molecule has 0 radical (unpaired) electrons. The molecule has 16 heavy (non-hydrogen) atoms. The summed E-state index contributed by atoms with van der Waals surface area (Å²) >= 11 is 0. The van der Waals surface area contributed by atoms with Crippen LogP contribution in [-0.2, 0) is 7.05 Å². The zero-order valence-electron chi connectivity index (χ0n) is 8.47. The van der Waals surface area contributed by atoms with Crippen LogP contribution in [0.25, 0.3) is 11.1 Å². The van der Waals surface area contributed by atoms with Crippen LogP contribution in [0.1, 0.15) is 10.5 Å². The SMILES string of the molecule is Cn1cc(-c2cc(=O)[nH]nc2C(N)=O)cn1. The minimum Gasteiger partial charge on any atom is -0.364 e. The van der Waals surface area contributed by atoms with Crippen molar-refractivity contribution in [1.29, 1.82) is 0 Å². The average molecular weight is 219 g/mol. The molecule has 0 spiro atoms. The minimum atomic E-state index is -0.699. The molecule has 0 fully saturated rings. The smallest absolute Gasteiger partial charge is 0.269 e. The van der Waals surface area contributed by atoms with E-state index in [1.165, 1.54) is 12.3 Å². The fraction of sp³-hybridized carbons (Fsp3) is 0.111. The second-order valence-electron chi connectivity index (χ2n) is 3.26. The molecule has 0 aliphatic rings. The van der Waals surface area contributed by atoms with Crippen molar-refractivity contribution in [2.45, 2.75) is 0 Å². The number of hydrogen-bond acceptors (Lipinski definition) is 4. The maximum atomic E-state index is 11.1. The Bertz CT molecular complexity index is 598. The maximum absolute atomic E-state index is 11.1. The van der Waals surface area contributed by atoms with Gasteiger partial charge in [0, 0.05) is 30.4 Å². The lowest BCUT2D eigenvalue weighted by atomic mass is 10.1. The largest absolute Gasteiger partial charge is 0.364 e. The molecule has 7 heteroatoms. The van der Waals surface area contributed by atoms with Crippen molar-refractivity contribution in [3.05, 3.63) is 34.5 Å². The molecule has 0 aliphatic heterocycles. The van der Waals surface area contributed by atoms with Crippen molar-refractivity contribution < 1.29 is 4.79 Å². The Balaban J connectivity index is 2.67. The van der Waals surface area contributed by atoms with Gasteiger partial charge >= 0.3 is 0 Å². The summed E-state index contributed by atoms with van der Waals surface area (Å²) in [5, 5.41) is 9.73. The third-order valence-electron chi connectivity index (χ3n) is 2.06. The van der Waals surface area contributed by atoms with Crippen LogP contribution < -0.4 is 11.3 Å². The molecule has 2 rings (SSSR count). The second-order valence-corrected chi connectivity index (χ2v) is 3.26. The highest BCUT2D eigenvalue weighted by molar-refractivity contribution is 5.97. The topological polar surface area (TPSA) is 107 Å². The standard InChI is InChI=1S/C9H9N5O2/c1-14-4-5(3-11-14)6-2-7(15)12-13-8(6)9(10)16/h2-4H,1H3,(H2,10,16)(H,12,15). The van der Waals surface area contributed by atoms with Gasteiger partial charge < -0.3 is 5.73 Å². The van der Waals surface area contributed by atoms with Gasteiger partial charge in [0.05, 0.1) is 6.20 Å². The Kier molecular flexibility index (Phi) is 2.28. The van der Waals surface area contributed by atoms with E-state index in [2.05, 4.69) is 15.3 Å². The summed E-state index contributed by atoms with van der Waals surface area (Å²) in [6.07, 6.45) is 3.20. The van der Waals surface area contributed by atoms with E-state index in [0.29, 0.717) is 11.1 Å². The van der Waals surface area contributed by atoms with Gasteiger partial charge in [0.1, 0.15) is 0 Å². The lowest BCUT2D eigenvalue weighted by molar-refractivity contribution is 0.0995. The van der Waals surface area contributed by atoms with Gasteiger partial charge in [-0.3, -0.25) is 14.3 Å². The first-order chi connectivity index (χ1) is 7.58. The van der Waals surface area contributed by atoms with Crippen LogP contribution in [-0.4, -0.2) is 25.9 Å². The molecule has 0 saturated heterocycles. The van der Waals surface area contributed by atoms with Crippen LogP contribution in [0.5, 0.6) is 0 Å². The zero-order chi connectivity index (χ0) is 11.7. The molecule has 0 atom stereocenters. The molecular formula is C9H9N5O2. The van der Waals surface area contributed by atoms with Crippen molar-refractivity contribution in [2.24, 2.45) is 12.8 Å². The molecule has 2 aromatic rings. The van der Waals surface area contributed by atoms with Crippen molar-refractivity contribution in [1.82, 2.24) is 20.0 Å². The number of H-pyrrole nitrogens is 1. The summed E-state index contributed by atoms with van der Waals surface area (Å²) in [6, 6.07) is 1.27. The Morgan fingerprint density at radius 1 is 1.56 bits per heavy atom. The van der Waals surface area contributed by atoms with Crippen LogP contribution in [0.4, 0.5) is 0 Å². The predicted octanol–water partition coefficient (Wildman–Crippen LogP) is -0.731. The fourth-order valence-corrected chi connectivity index (χ4v) is 1.37. The highest BCUT2D eigenvalue weighted by Gasteiger charge is 2.13.